The summed E-state index contributed by atoms with van der Waals surface area (Å²) in [6, 6.07) is 21.4. The lowest BCUT2D eigenvalue weighted by Gasteiger charge is -2.31. The molecule has 6 nitrogen and oxygen atoms in total. The highest BCUT2D eigenvalue weighted by molar-refractivity contribution is 5.98. The number of nitrogens with one attached hydrogen (secondary N) is 2. The summed E-state index contributed by atoms with van der Waals surface area (Å²) in [5.41, 5.74) is 4.79. The molecule has 4 aromatic rings. The Bertz CT molecular complexity index is 1390. The third-order valence-electron chi connectivity index (χ3n) is 6.93. The Morgan fingerprint density at radius 2 is 1.53 bits per heavy atom. The maximum absolute atomic E-state index is 14.7. The van der Waals surface area contributed by atoms with Gasteiger partial charge < -0.3 is 20.3 Å². The fraction of sp³-hybridized carbons (Fsp3) is 0.226. The number of hydrogen-bond donors (Lipinski definition) is 3. The maximum atomic E-state index is 14.7. The van der Waals surface area contributed by atoms with Crippen LogP contribution in [0.2, 0.25) is 0 Å². The number of anilines is 3. The van der Waals surface area contributed by atoms with Gasteiger partial charge in [0.05, 0.1) is 11.8 Å². The van der Waals surface area contributed by atoms with Gasteiger partial charge in [-0.2, -0.15) is 0 Å². The van der Waals surface area contributed by atoms with E-state index in [4.69, 9.17) is 0 Å². The minimum atomic E-state index is -0.437. The van der Waals surface area contributed by atoms with Gasteiger partial charge in [-0.3, -0.25) is 9.59 Å². The second kappa shape index (κ2) is 11.4. The summed E-state index contributed by atoms with van der Waals surface area (Å²) in [5.74, 6) is -0.481. The Hall–Kier alpha value is -4.23. The number of carbonyl (C=O) groups is 2. The molecule has 0 aliphatic carbocycles. The van der Waals surface area contributed by atoms with E-state index < -0.39 is 5.82 Å². The molecule has 38 heavy (non-hydrogen) atoms. The van der Waals surface area contributed by atoms with Crippen molar-refractivity contribution in [3.05, 3.63) is 113 Å². The second-order valence-electron chi connectivity index (χ2n) is 9.70. The number of ketones is 2. The molecule has 0 atom stereocenters. The topological polar surface area (TPSA) is 85.4 Å². The zero-order valence-corrected chi connectivity index (χ0v) is 21.0. The van der Waals surface area contributed by atoms with Crippen molar-refractivity contribution in [2.24, 2.45) is 0 Å². The van der Waals surface area contributed by atoms with Gasteiger partial charge in [-0.25, -0.2) is 4.39 Å². The Morgan fingerprint density at radius 1 is 0.868 bits per heavy atom. The molecule has 1 aromatic heterocycles. The molecule has 1 fully saturated rings. The van der Waals surface area contributed by atoms with Crippen LogP contribution in [0, 0.1) is 5.82 Å². The summed E-state index contributed by atoms with van der Waals surface area (Å²) in [6.45, 7) is 1.63. The molecular formula is C31H30FN3O3. The van der Waals surface area contributed by atoms with Crippen LogP contribution in [0.4, 0.5) is 21.5 Å². The van der Waals surface area contributed by atoms with Crippen LogP contribution in [0.25, 0.3) is 0 Å². The Labute approximate surface area is 221 Å². The number of aliphatic hydroxyl groups excluding tert-OH is 1. The largest absolute Gasteiger partial charge is 0.393 e. The molecule has 2 heterocycles. The van der Waals surface area contributed by atoms with Crippen molar-refractivity contribution >= 4 is 28.6 Å². The van der Waals surface area contributed by atoms with Crippen LogP contribution in [0.15, 0.2) is 85.2 Å². The molecule has 1 saturated heterocycles. The number of Topliss-reactive ketones (excluding diaryl/α,β-unsaturated/α-hetero) is 2. The lowest BCUT2D eigenvalue weighted by Crippen LogP contribution is -2.35. The molecule has 0 amide bonds. The molecule has 7 heteroatoms. The summed E-state index contributed by atoms with van der Waals surface area (Å²) < 4.78 is 14.7. The number of H-pyrrole nitrogens is 1. The van der Waals surface area contributed by atoms with Crippen LogP contribution in [-0.4, -0.2) is 40.9 Å². The van der Waals surface area contributed by atoms with Gasteiger partial charge in [-0.15, -0.1) is 0 Å². The van der Waals surface area contributed by atoms with Crippen molar-refractivity contribution in [3.63, 3.8) is 0 Å². The predicted octanol–water partition coefficient (Wildman–Crippen LogP) is 5.71. The molecule has 3 N–H and O–H groups in total. The fourth-order valence-electron chi connectivity index (χ4n) is 4.69. The average Bonchev–Trinajstić information content (AvgIpc) is 3.47. The van der Waals surface area contributed by atoms with Crippen molar-refractivity contribution < 1.29 is 19.1 Å². The average molecular weight is 512 g/mol. The van der Waals surface area contributed by atoms with Crippen molar-refractivity contribution in [1.29, 1.82) is 0 Å². The van der Waals surface area contributed by atoms with E-state index >= 15 is 0 Å². The van der Waals surface area contributed by atoms with Crippen LogP contribution < -0.4 is 10.2 Å². The first-order valence-corrected chi connectivity index (χ1v) is 12.8. The molecule has 0 spiro atoms. The van der Waals surface area contributed by atoms with Crippen LogP contribution in [-0.2, 0) is 12.8 Å². The summed E-state index contributed by atoms with van der Waals surface area (Å²) >= 11 is 0. The second-order valence-corrected chi connectivity index (χ2v) is 9.70. The number of aromatic nitrogens is 1. The van der Waals surface area contributed by atoms with Crippen LogP contribution in [0.5, 0.6) is 0 Å². The normalized spacial score (nSPS) is 13.9. The van der Waals surface area contributed by atoms with E-state index in [9.17, 15) is 19.1 Å². The fourth-order valence-corrected chi connectivity index (χ4v) is 4.69. The molecule has 0 radical (unpaired) electrons. The Morgan fingerprint density at radius 3 is 2.18 bits per heavy atom. The molecule has 194 valence electrons. The third kappa shape index (κ3) is 6.18. The standard InChI is InChI=1S/C31H30FN3O3/c32-28-17-22(19-31(38)24-11-14-33-20-24)3-10-29(28)34-25-6-1-21(2-7-25)18-30(37)23-4-8-26(9-5-23)35-15-12-27(36)13-16-35/h1-11,14,17,20,27,33-34,36H,12-13,15-16,18-19H2. The first-order valence-electron chi connectivity index (χ1n) is 12.8. The molecule has 5 rings (SSSR count). The van der Waals surface area contributed by atoms with Gasteiger partial charge >= 0.3 is 0 Å². The quantitative estimate of drug-likeness (QED) is 0.251. The highest BCUT2D eigenvalue weighted by atomic mass is 19.1. The number of halogens is 1. The van der Waals surface area contributed by atoms with Crippen LogP contribution >= 0.6 is 0 Å². The number of rotatable bonds is 9. The highest BCUT2D eigenvalue weighted by Crippen LogP contribution is 2.24. The minimum absolute atomic E-state index is 0.0298. The number of nitrogens with zero attached hydrogens (tertiary/aromatic N) is 1. The van der Waals surface area contributed by atoms with Gasteiger partial charge in [0.25, 0.3) is 0 Å². The molecule has 3 aromatic carbocycles. The van der Waals surface area contributed by atoms with E-state index in [1.807, 2.05) is 48.5 Å². The minimum Gasteiger partial charge on any atom is -0.393 e. The van der Waals surface area contributed by atoms with Crippen molar-refractivity contribution in [3.8, 4) is 0 Å². The molecule has 0 unspecified atom stereocenters. The van der Waals surface area contributed by atoms with Crippen LogP contribution in [0.3, 0.4) is 0 Å². The first-order chi connectivity index (χ1) is 18.4. The third-order valence-corrected chi connectivity index (χ3v) is 6.93. The molecular weight excluding hydrogens is 481 g/mol. The van der Waals surface area contributed by atoms with Crippen molar-refractivity contribution in [2.75, 3.05) is 23.3 Å². The molecule has 1 aliphatic heterocycles. The predicted molar refractivity (Wildman–Crippen MR) is 147 cm³/mol. The van der Waals surface area contributed by atoms with Gasteiger partial charge in [0.2, 0.25) is 0 Å². The lowest BCUT2D eigenvalue weighted by atomic mass is 10.0. The van der Waals surface area contributed by atoms with Crippen molar-refractivity contribution in [2.45, 2.75) is 31.8 Å². The summed E-state index contributed by atoms with van der Waals surface area (Å²) in [5, 5.41) is 12.8. The number of hydrogen-bond acceptors (Lipinski definition) is 5. The number of benzene rings is 3. The van der Waals surface area contributed by atoms with Crippen LogP contribution in [0.1, 0.15) is 44.7 Å². The van der Waals surface area contributed by atoms with E-state index in [0.717, 1.165) is 37.2 Å². The van der Waals surface area contributed by atoms with E-state index in [1.165, 1.54) is 6.07 Å². The smallest absolute Gasteiger partial charge is 0.168 e. The SMILES string of the molecule is O=C(Cc1ccc(Nc2ccc(CC(=O)c3cc[nH]c3)cc2F)cc1)c1ccc(N2CCC(O)CC2)cc1. The molecule has 1 aliphatic rings. The van der Waals surface area contributed by atoms with E-state index in [-0.39, 0.29) is 30.5 Å². The van der Waals surface area contributed by atoms with Gasteiger partial charge in [0.15, 0.2) is 11.6 Å². The van der Waals surface area contributed by atoms with E-state index in [2.05, 4.69) is 15.2 Å². The van der Waals surface area contributed by atoms with Gasteiger partial charge in [-0.1, -0.05) is 18.2 Å². The van der Waals surface area contributed by atoms with Gasteiger partial charge in [0.1, 0.15) is 5.82 Å². The number of piperidine rings is 1. The maximum Gasteiger partial charge on any atom is 0.168 e. The number of aromatic amines is 1. The Balaban J connectivity index is 1.16. The first kappa shape index (κ1) is 25.4. The zero-order valence-electron chi connectivity index (χ0n) is 21.0. The summed E-state index contributed by atoms with van der Waals surface area (Å²) in [6.07, 6.45) is 5.02. The van der Waals surface area contributed by atoms with E-state index in [0.29, 0.717) is 28.1 Å². The number of aliphatic hydroxyl groups is 1. The summed E-state index contributed by atoms with van der Waals surface area (Å²) in [4.78, 5) is 30.1. The zero-order chi connectivity index (χ0) is 26.5. The van der Waals surface area contributed by atoms with Gasteiger partial charge in [-0.05, 0) is 78.6 Å². The van der Waals surface area contributed by atoms with Gasteiger partial charge in [0, 0.05) is 60.8 Å². The molecule has 0 bridgehead atoms. The number of carbonyl (C=O) groups excluding carboxylic acids is 2. The highest BCUT2D eigenvalue weighted by Gasteiger charge is 2.17. The van der Waals surface area contributed by atoms with Crippen molar-refractivity contribution in [1.82, 2.24) is 4.98 Å². The molecule has 0 saturated carbocycles. The monoisotopic (exact) mass is 511 g/mol. The lowest BCUT2D eigenvalue weighted by molar-refractivity contribution is 0.0985. The Kier molecular flexibility index (Phi) is 7.65. The summed E-state index contributed by atoms with van der Waals surface area (Å²) in [7, 11) is 0. The van der Waals surface area contributed by atoms with E-state index in [1.54, 1.807) is 30.6 Å².